The average Bonchev–Trinajstić information content (AvgIpc) is 2.73. The van der Waals surface area contributed by atoms with Crippen molar-refractivity contribution in [3.8, 4) is 11.8 Å². The Morgan fingerprint density at radius 3 is 2.37 bits per heavy atom. The molecule has 1 aliphatic heterocycles. The molecule has 1 fully saturated rings. The maximum absolute atomic E-state index is 12.5. The van der Waals surface area contributed by atoms with Crippen molar-refractivity contribution in [3.63, 3.8) is 0 Å². The smallest absolute Gasteiger partial charge is 0.405 e. The first-order chi connectivity index (χ1) is 14.3. The average molecular weight is 415 g/mol. The van der Waals surface area contributed by atoms with Crippen molar-refractivity contribution in [1.82, 2.24) is 9.80 Å². The van der Waals surface area contributed by atoms with Crippen molar-refractivity contribution in [1.29, 1.82) is 5.26 Å². The number of hydrogen-bond donors (Lipinski definition) is 0. The van der Waals surface area contributed by atoms with E-state index in [0.717, 1.165) is 12.1 Å². The molecule has 1 saturated heterocycles. The van der Waals surface area contributed by atoms with Gasteiger partial charge in [0.25, 0.3) is 0 Å². The van der Waals surface area contributed by atoms with Crippen molar-refractivity contribution in [2.45, 2.75) is 12.9 Å². The molecular weight excluding hydrogens is 395 g/mol. The number of carbonyl (C=O) groups excluding carboxylic acids is 1. The number of halogens is 3. The van der Waals surface area contributed by atoms with Crippen molar-refractivity contribution >= 4 is 12.0 Å². The van der Waals surface area contributed by atoms with Crippen LogP contribution in [0.4, 0.5) is 13.2 Å². The van der Waals surface area contributed by atoms with E-state index in [1.165, 1.54) is 30.4 Å². The minimum Gasteiger partial charge on any atom is -0.405 e. The second-order valence-electron chi connectivity index (χ2n) is 6.83. The number of carbonyl (C=O) groups is 1. The Bertz CT molecular complexity index is 941. The summed E-state index contributed by atoms with van der Waals surface area (Å²) in [7, 11) is 0. The molecule has 1 heterocycles. The van der Waals surface area contributed by atoms with E-state index in [9.17, 15) is 18.0 Å². The molecule has 1 amide bonds. The van der Waals surface area contributed by atoms with Gasteiger partial charge < -0.3 is 9.64 Å². The maximum atomic E-state index is 12.5. The molecule has 0 unspecified atom stereocenters. The third-order valence-corrected chi connectivity index (χ3v) is 4.72. The fraction of sp³-hybridized carbons (Fsp3) is 0.273. The fourth-order valence-electron chi connectivity index (χ4n) is 3.17. The van der Waals surface area contributed by atoms with Crippen LogP contribution in [-0.4, -0.2) is 48.2 Å². The van der Waals surface area contributed by atoms with E-state index in [4.69, 9.17) is 5.26 Å². The van der Waals surface area contributed by atoms with Gasteiger partial charge in [-0.2, -0.15) is 5.26 Å². The Balaban J connectivity index is 1.54. The Labute approximate surface area is 172 Å². The fourth-order valence-corrected chi connectivity index (χ4v) is 3.17. The lowest BCUT2D eigenvalue weighted by Crippen LogP contribution is -2.47. The molecule has 0 bridgehead atoms. The summed E-state index contributed by atoms with van der Waals surface area (Å²) in [6.45, 7) is 3.16. The second-order valence-corrected chi connectivity index (χ2v) is 6.83. The first-order valence-electron chi connectivity index (χ1n) is 9.37. The minimum atomic E-state index is -4.79. The van der Waals surface area contributed by atoms with Crippen molar-refractivity contribution < 1.29 is 22.7 Å². The molecule has 1 aliphatic rings. The molecule has 3 rings (SSSR count). The maximum Gasteiger partial charge on any atom is 0.573 e. The summed E-state index contributed by atoms with van der Waals surface area (Å²) in [5, 5.41) is 8.85. The van der Waals surface area contributed by atoms with Gasteiger partial charge in [-0.05, 0) is 29.8 Å². The monoisotopic (exact) mass is 415 g/mol. The molecular formula is C22H20F3N3O2. The van der Waals surface area contributed by atoms with Gasteiger partial charge in [-0.15, -0.1) is 13.2 Å². The largest absolute Gasteiger partial charge is 0.573 e. The highest BCUT2D eigenvalue weighted by molar-refractivity contribution is 5.92. The molecule has 0 N–H and O–H groups in total. The Kier molecular flexibility index (Phi) is 6.75. The van der Waals surface area contributed by atoms with Crippen LogP contribution in [0.15, 0.2) is 54.6 Å². The van der Waals surface area contributed by atoms with Crippen LogP contribution in [-0.2, 0) is 11.3 Å². The number of para-hydroxylation sites is 1. The predicted octanol–water partition coefficient (Wildman–Crippen LogP) is 3.81. The van der Waals surface area contributed by atoms with Gasteiger partial charge in [0.2, 0.25) is 5.91 Å². The normalized spacial score (nSPS) is 15.2. The second kappa shape index (κ2) is 9.46. The number of nitriles is 1. The van der Waals surface area contributed by atoms with Gasteiger partial charge >= 0.3 is 6.36 Å². The number of ether oxygens (including phenoxy) is 1. The van der Waals surface area contributed by atoms with Crippen molar-refractivity contribution in [3.05, 3.63) is 71.3 Å². The standard InChI is InChI=1S/C22H20F3N3O2/c23-22(24,25)30-20-4-2-1-3-19(20)9-10-21(29)28-13-11-27(12-14-28)16-18-7-5-17(15-26)6-8-18/h1-10H,11-14,16H2/b10-9+. The topological polar surface area (TPSA) is 56.6 Å². The van der Waals surface area contributed by atoms with Crippen LogP contribution in [0.25, 0.3) is 6.08 Å². The highest BCUT2D eigenvalue weighted by Gasteiger charge is 2.31. The molecule has 2 aromatic carbocycles. The minimum absolute atomic E-state index is 0.183. The summed E-state index contributed by atoms with van der Waals surface area (Å²) in [4.78, 5) is 16.3. The number of benzene rings is 2. The van der Waals surface area contributed by atoms with E-state index in [0.29, 0.717) is 31.7 Å². The van der Waals surface area contributed by atoms with Gasteiger partial charge in [0, 0.05) is 44.4 Å². The number of nitrogens with zero attached hydrogens (tertiary/aromatic N) is 3. The van der Waals surface area contributed by atoms with Crippen LogP contribution in [0, 0.1) is 11.3 Å². The van der Waals surface area contributed by atoms with Crippen LogP contribution in [0.3, 0.4) is 0 Å². The molecule has 5 nitrogen and oxygen atoms in total. The van der Waals surface area contributed by atoms with Crippen LogP contribution in [0.1, 0.15) is 16.7 Å². The molecule has 0 atom stereocenters. The summed E-state index contributed by atoms with van der Waals surface area (Å²) in [6.07, 6.45) is -2.18. The lowest BCUT2D eigenvalue weighted by Gasteiger charge is -2.34. The third kappa shape index (κ3) is 6.09. The summed E-state index contributed by atoms with van der Waals surface area (Å²) >= 11 is 0. The molecule has 0 aromatic heterocycles. The van der Waals surface area contributed by atoms with Gasteiger partial charge in [-0.25, -0.2) is 0 Å². The zero-order chi connectivity index (χ0) is 21.6. The molecule has 0 spiro atoms. The molecule has 0 aliphatic carbocycles. The van der Waals surface area contributed by atoms with Crippen LogP contribution < -0.4 is 4.74 Å². The summed E-state index contributed by atoms with van der Waals surface area (Å²) < 4.78 is 41.5. The van der Waals surface area contributed by atoms with Gasteiger partial charge in [-0.1, -0.05) is 30.3 Å². The highest BCUT2D eigenvalue weighted by Crippen LogP contribution is 2.27. The predicted molar refractivity (Wildman–Crippen MR) is 105 cm³/mol. The van der Waals surface area contributed by atoms with Crippen LogP contribution in [0.2, 0.25) is 0 Å². The van der Waals surface area contributed by atoms with E-state index in [2.05, 4.69) is 15.7 Å². The Morgan fingerprint density at radius 2 is 1.73 bits per heavy atom. The van der Waals surface area contributed by atoms with E-state index in [-0.39, 0.29) is 17.2 Å². The van der Waals surface area contributed by atoms with Crippen LogP contribution >= 0.6 is 0 Å². The molecule has 156 valence electrons. The zero-order valence-corrected chi connectivity index (χ0v) is 16.1. The van der Waals surface area contributed by atoms with E-state index in [1.54, 1.807) is 23.1 Å². The molecule has 0 saturated carbocycles. The van der Waals surface area contributed by atoms with E-state index >= 15 is 0 Å². The Hall–Kier alpha value is -3.31. The lowest BCUT2D eigenvalue weighted by atomic mass is 10.1. The van der Waals surface area contributed by atoms with Gasteiger partial charge in [0.05, 0.1) is 11.6 Å². The molecule has 8 heteroatoms. The molecule has 2 aromatic rings. The van der Waals surface area contributed by atoms with Gasteiger partial charge in [-0.3, -0.25) is 9.69 Å². The molecule has 0 radical (unpaired) electrons. The quantitative estimate of drug-likeness (QED) is 0.697. The zero-order valence-electron chi connectivity index (χ0n) is 16.1. The number of alkyl halides is 3. The van der Waals surface area contributed by atoms with Gasteiger partial charge in [0.15, 0.2) is 0 Å². The summed E-state index contributed by atoms with van der Waals surface area (Å²) in [6, 6.07) is 15.2. The number of rotatable bonds is 5. The lowest BCUT2D eigenvalue weighted by molar-refractivity contribution is -0.274. The highest BCUT2D eigenvalue weighted by atomic mass is 19.4. The number of piperazine rings is 1. The van der Waals surface area contributed by atoms with Crippen molar-refractivity contribution in [2.24, 2.45) is 0 Å². The SMILES string of the molecule is N#Cc1ccc(CN2CCN(C(=O)/C=C/c3ccccc3OC(F)(F)F)CC2)cc1. The van der Waals surface area contributed by atoms with Gasteiger partial charge in [0.1, 0.15) is 5.75 Å². The third-order valence-electron chi connectivity index (χ3n) is 4.72. The summed E-state index contributed by atoms with van der Waals surface area (Å²) in [5.74, 6) is -0.601. The number of amides is 1. The molecule has 30 heavy (non-hydrogen) atoms. The first kappa shape index (κ1) is 21.4. The number of hydrogen-bond acceptors (Lipinski definition) is 4. The summed E-state index contributed by atoms with van der Waals surface area (Å²) in [5.41, 5.74) is 1.89. The Morgan fingerprint density at radius 1 is 1.07 bits per heavy atom. The van der Waals surface area contributed by atoms with E-state index in [1.807, 2.05) is 12.1 Å². The van der Waals surface area contributed by atoms with E-state index < -0.39 is 6.36 Å². The first-order valence-corrected chi connectivity index (χ1v) is 9.37. The van der Waals surface area contributed by atoms with Crippen LogP contribution in [0.5, 0.6) is 5.75 Å². The van der Waals surface area contributed by atoms with Crippen molar-refractivity contribution in [2.75, 3.05) is 26.2 Å².